The largest absolute Gasteiger partial charge is 0.490 e. The molecule has 2 atom stereocenters. The zero-order valence-corrected chi connectivity index (χ0v) is 21.1. The maximum absolute atomic E-state index is 13.5. The highest BCUT2D eigenvalue weighted by atomic mass is 32.2. The molecule has 1 fully saturated rings. The van der Waals surface area contributed by atoms with Crippen LogP contribution in [0.5, 0.6) is 5.75 Å². The van der Waals surface area contributed by atoms with Crippen molar-refractivity contribution in [1.29, 1.82) is 0 Å². The van der Waals surface area contributed by atoms with Crippen molar-refractivity contribution in [3.8, 4) is 5.75 Å². The van der Waals surface area contributed by atoms with Gasteiger partial charge >= 0.3 is 12.1 Å². The normalized spacial score (nSPS) is 21.4. The number of nitrogens with one attached hydrogen (secondary N) is 1. The van der Waals surface area contributed by atoms with Crippen LogP contribution in [0.2, 0.25) is 0 Å². The van der Waals surface area contributed by atoms with Crippen molar-refractivity contribution < 1.29 is 41.0 Å². The van der Waals surface area contributed by atoms with Crippen LogP contribution in [0.15, 0.2) is 47.5 Å². The van der Waals surface area contributed by atoms with Gasteiger partial charge in [0, 0.05) is 38.8 Å². The van der Waals surface area contributed by atoms with E-state index in [2.05, 4.69) is 4.98 Å². The molecule has 0 unspecified atom stereocenters. The van der Waals surface area contributed by atoms with Crippen LogP contribution in [0.3, 0.4) is 0 Å². The number of hydrogen-bond donors (Lipinski definition) is 2. The van der Waals surface area contributed by atoms with E-state index < -0.39 is 22.2 Å². The Morgan fingerprint density at radius 2 is 1.78 bits per heavy atom. The van der Waals surface area contributed by atoms with Gasteiger partial charge in [0.2, 0.25) is 10.0 Å². The fraction of sp³-hybridized carbons (Fsp3) is 0.478. The van der Waals surface area contributed by atoms with Gasteiger partial charge in [-0.1, -0.05) is 12.1 Å². The fourth-order valence-corrected chi connectivity index (χ4v) is 5.97. The number of carboxylic acids is 1. The van der Waals surface area contributed by atoms with Crippen molar-refractivity contribution in [3.63, 3.8) is 0 Å². The van der Waals surface area contributed by atoms with Gasteiger partial charge in [-0.25, -0.2) is 13.2 Å². The summed E-state index contributed by atoms with van der Waals surface area (Å²) in [6.45, 7) is 1.98. The molecule has 14 heteroatoms. The van der Waals surface area contributed by atoms with Gasteiger partial charge in [-0.3, -0.25) is 4.79 Å². The van der Waals surface area contributed by atoms with Crippen molar-refractivity contribution in [2.45, 2.75) is 36.1 Å². The number of alkyl halides is 3. The van der Waals surface area contributed by atoms with Gasteiger partial charge in [-0.05, 0) is 44.8 Å². The number of fused-ring (bicyclic) bond motifs is 2. The molecule has 10 nitrogen and oxygen atoms in total. The second-order valence-corrected chi connectivity index (χ2v) is 10.7. The summed E-state index contributed by atoms with van der Waals surface area (Å²) >= 11 is 0. The first kappa shape index (κ1) is 28.5. The number of carbonyl (C=O) groups excluding carboxylic acids is 1. The average molecular weight is 547 g/mol. The minimum absolute atomic E-state index is 0.0699. The van der Waals surface area contributed by atoms with Crippen LogP contribution in [-0.2, 0) is 14.8 Å². The lowest BCUT2D eigenvalue weighted by Crippen LogP contribution is -2.49. The van der Waals surface area contributed by atoms with Gasteiger partial charge in [0.1, 0.15) is 22.4 Å². The lowest BCUT2D eigenvalue weighted by Gasteiger charge is -2.32. The lowest BCUT2D eigenvalue weighted by atomic mass is 10.1. The minimum atomic E-state index is -5.08. The second kappa shape index (κ2) is 11.5. The molecule has 0 saturated carbocycles. The summed E-state index contributed by atoms with van der Waals surface area (Å²) in [5, 5.41) is 7.12. The molecule has 2 aliphatic rings. The molecule has 204 valence electrons. The van der Waals surface area contributed by atoms with Crippen molar-refractivity contribution in [3.05, 3.63) is 48.3 Å². The van der Waals surface area contributed by atoms with Crippen LogP contribution >= 0.6 is 0 Å². The molecule has 0 bridgehead atoms. The first-order chi connectivity index (χ1) is 17.3. The number of halogens is 3. The molecule has 4 rings (SSSR count). The number of sulfonamides is 1. The monoisotopic (exact) mass is 546 g/mol. The molecule has 0 spiro atoms. The SMILES string of the molecule is CN(C)CCN1[C@H]2CCN(C(=O)c3ccc[nH]3)CC[C@@H]2Oc2ccccc2S1(=O)=O.O=C(O)C(F)(F)F. The highest BCUT2D eigenvalue weighted by Crippen LogP contribution is 2.36. The van der Waals surface area contributed by atoms with Crippen molar-refractivity contribution >= 4 is 21.9 Å². The number of benzene rings is 1. The number of hydrogen-bond acceptors (Lipinski definition) is 6. The summed E-state index contributed by atoms with van der Waals surface area (Å²) in [6, 6.07) is 10.1. The van der Waals surface area contributed by atoms with E-state index in [0.717, 1.165) is 0 Å². The van der Waals surface area contributed by atoms with Crippen LogP contribution in [0.4, 0.5) is 13.2 Å². The first-order valence-electron chi connectivity index (χ1n) is 11.5. The average Bonchev–Trinajstić information content (AvgIpc) is 3.25. The number of likely N-dealkylation sites (tertiary alicyclic amines) is 1. The number of likely N-dealkylation sites (N-methyl/N-ethyl adjacent to an activating group) is 1. The van der Waals surface area contributed by atoms with Gasteiger partial charge in [-0.15, -0.1) is 0 Å². The van der Waals surface area contributed by atoms with E-state index in [4.69, 9.17) is 14.6 Å². The van der Waals surface area contributed by atoms with Gasteiger partial charge in [0.15, 0.2) is 0 Å². The number of para-hydroxylation sites is 1. The van der Waals surface area contributed by atoms with Crippen LogP contribution in [0, 0.1) is 0 Å². The topological polar surface area (TPSA) is 123 Å². The van der Waals surface area contributed by atoms with E-state index in [-0.39, 0.29) is 22.9 Å². The van der Waals surface area contributed by atoms with Crippen molar-refractivity contribution in [2.75, 3.05) is 40.3 Å². The molecule has 1 amide bonds. The number of carboxylic acid groups (broad SMARTS) is 1. The maximum atomic E-state index is 13.5. The number of carbonyl (C=O) groups is 2. The predicted octanol–water partition coefficient (Wildman–Crippen LogP) is 2.27. The number of nitrogens with zero attached hydrogens (tertiary/aromatic N) is 3. The summed E-state index contributed by atoms with van der Waals surface area (Å²) in [7, 11) is 0.143. The predicted molar refractivity (Wildman–Crippen MR) is 127 cm³/mol. The van der Waals surface area contributed by atoms with E-state index in [0.29, 0.717) is 50.5 Å². The number of ether oxygens (including phenoxy) is 1. The Balaban J connectivity index is 0.000000479. The number of H-pyrrole nitrogens is 1. The van der Waals surface area contributed by atoms with E-state index >= 15 is 0 Å². The molecule has 0 aliphatic carbocycles. The van der Waals surface area contributed by atoms with Gasteiger partial charge < -0.3 is 24.6 Å². The fourth-order valence-electron chi connectivity index (χ4n) is 4.18. The van der Waals surface area contributed by atoms with Crippen molar-refractivity contribution in [2.24, 2.45) is 0 Å². The zero-order valence-electron chi connectivity index (χ0n) is 20.3. The van der Waals surface area contributed by atoms with Gasteiger partial charge in [0.25, 0.3) is 5.91 Å². The highest BCUT2D eigenvalue weighted by molar-refractivity contribution is 7.89. The number of rotatable bonds is 4. The smallest absolute Gasteiger partial charge is 0.487 e. The van der Waals surface area contributed by atoms with Crippen molar-refractivity contribution in [1.82, 2.24) is 19.1 Å². The molecule has 37 heavy (non-hydrogen) atoms. The number of aromatic amines is 1. The molecule has 1 saturated heterocycles. The molecular formula is C23H29F3N4O6S. The third-order valence-electron chi connectivity index (χ3n) is 6.02. The van der Waals surface area contributed by atoms with Crippen LogP contribution in [0.25, 0.3) is 0 Å². The summed E-state index contributed by atoms with van der Waals surface area (Å²) in [6.07, 6.45) is -2.58. The summed E-state index contributed by atoms with van der Waals surface area (Å²) < 4.78 is 66.7. The number of amides is 1. The third-order valence-corrected chi connectivity index (χ3v) is 7.98. The Hall–Kier alpha value is -3.10. The number of aromatic nitrogens is 1. The van der Waals surface area contributed by atoms with E-state index in [1.54, 1.807) is 51.8 Å². The molecule has 1 aromatic carbocycles. The molecule has 2 aromatic rings. The Morgan fingerprint density at radius 1 is 1.14 bits per heavy atom. The molecule has 0 radical (unpaired) electrons. The Kier molecular flexibility index (Phi) is 8.87. The minimum Gasteiger partial charge on any atom is -0.487 e. The van der Waals surface area contributed by atoms with E-state index in [9.17, 15) is 26.4 Å². The van der Waals surface area contributed by atoms with E-state index in [1.807, 2.05) is 19.0 Å². The Labute approximate surface area is 212 Å². The maximum Gasteiger partial charge on any atom is 0.490 e. The lowest BCUT2D eigenvalue weighted by molar-refractivity contribution is -0.192. The van der Waals surface area contributed by atoms with E-state index in [1.165, 1.54) is 0 Å². The molecule has 1 aromatic heterocycles. The summed E-state index contributed by atoms with van der Waals surface area (Å²) in [5.74, 6) is -2.43. The second-order valence-electron chi connectivity index (χ2n) is 8.85. The van der Waals surface area contributed by atoms with Crippen LogP contribution in [0.1, 0.15) is 23.3 Å². The molecule has 2 N–H and O–H groups in total. The first-order valence-corrected chi connectivity index (χ1v) is 12.9. The van der Waals surface area contributed by atoms with Gasteiger partial charge in [-0.2, -0.15) is 17.5 Å². The standard InChI is InChI=1S/C21H28N4O4S.C2HF3O2/c1-23(2)14-15-25-17-9-12-24(21(26)16-6-5-11-22-16)13-10-18(17)29-19-7-3-4-8-20(19)30(25,27)28;3-2(4,5)1(6)7/h3-8,11,17-18,22H,9-10,12-15H2,1-2H3;(H,6,7)/t17-,18-;/m0./s1. The summed E-state index contributed by atoms with van der Waals surface area (Å²) in [5.41, 5.74) is 0.542. The van der Waals surface area contributed by atoms with Crippen LogP contribution < -0.4 is 4.74 Å². The third kappa shape index (κ3) is 6.81. The van der Waals surface area contributed by atoms with Gasteiger partial charge in [0.05, 0.1) is 6.04 Å². The van der Waals surface area contributed by atoms with Crippen LogP contribution in [-0.4, -0.2) is 103 Å². The molecular weight excluding hydrogens is 517 g/mol. The summed E-state index contributed by atoms with van der Waals surface area (Å²) in [4.78, 5) is 28.7. The number of aliphatic carboxylic acids is 1. The quantitative estimate of drug-likeness (QED) is 0.603. The Morgan fingerprint density at radius 3 is 2.38 bits per heavy atom. The Bertz CT molecular complexity index is 1190. The zero-order chi connectivity index (χ0) is 27.4. The molecule has 3 heterocycles. The highest BCUT2D eigenvalue weighted by Gasteiger charge is 2.43. The molecule has 2 aliphatic heterocycles.